The van der Waals surface area contributed by atoms with Crippen molar-refractivity contribution in [1.82, 2.24) is 19.9 Å². The zero-order chi connectivity index (χ0) is 18.8. The van der Waals surface area contributed by atoms with Crippen molar-refractivity contribution in [3.05, 3.63) is 52.7 Å². The lowest BCUT2D eigenvalue weighted by Gasteiger charge is -2.11. The molecule has 140 valence electrons. The van der Waals surface area contributed by atoms with Crippen LogP contribution in [0, 0.1) is 5.82 Å². The van der Waals surface area contributed by atoms with Crippen LogP contribution in [0.4, 0.5) is 10.1 Å². The number of H-pyrrole nitrogens is 1. The van der Waals surface area contributed by atoms with Crippen LogP contribution in [-0.4, -0.2) is 44.0 Å². The number of nitrogens with one attached hydrogen (secondary N) is 2. The van der Waals surface area contributed by atoms with Gasteiger partial charge in [-0.2, -0.15) is 0 Å². The average molecular weight is 389 g/mol. The summed E-state index contributed by atoms with van der Waals surface area (Å²) in [5.41, 5.74) is 2.28. The molecule has 3 N–H and O–H groups in total. The van der Waals surface area contributed by atoms with E-state index in [1.165, 1.54) is 31.0 Å². The van der Waals surface area contributed by atoms with Crippen molar-refractivity contribution in [1.29, 1.82) is 0 Å². The van der Waals surface area contributed by atoms with E-state index < -0.39 is 5.82 Å². The first kappa shape index (κ1) is 17.7. The summed E-state index contributed by atoms with van der Waals surface area (Å²) in [6, 6.07) is 5.87. The second-order valence-electron chi connectivity index (χ2n) is 6.42. The van der Waals surface area contributed by atoms with E-state index in [9.17, 15) is 9.60 Å². The van der Waals surface area contributed by atoms with E-state index in [-0.39, 0.29) is 10.9 Å². The molecular formula is C18H18ClFN6O. The highest BCUT2D eigenvalue weighted by atomic mass is 35.5. The van der Waals surface area contributed by atoms with Gasteiger partial charge in [-0.1, -0.05) is 16.8 Å². The maximum Gasteiger partial charge on any atom is 0.179 e. The third-order valence-electron chi connectivity index (χ3n) is 4.54. The molecule has 4 rings (SSSR count). The summed E-state index contributed by atoms with van der Waals surface area (Å²) in [4.78, 5) is 14.5. The largest absolute Gasteiger partial charge is 0.409 e. The third-order valence-corrected chi connectivity index (χ3v) is 4.83. The number of nitrogens with zero attached hydrogens (tertiary/aromatic N) is 4. The van der Waals surface area contributed by atoms with Gasteiger partial charge in [0.05, 0.1) is 17.1 Å². The summed E-state index contributed by atoms with van der Waals surface area (Å²) in [6.45, 7) is 2.85. The maximum absolute atomic E-state index is 13.4. The number of likely N-dealkylation sites (tertiary alicyclic amines) is 1. The van der Waals surface area contributed by atoms with E-state index >= 15 is 0 Å². The zero-order valence-electron chi connectivity index (χ0n) is 14.4. The maximum atomic E-state index is 13.4. The summed E-state index contributed by atoms with van der Waals surface area (Å²) in [5.74, 6) is 0.466. The van der Waals surface area contributed by atoms with Gasteiger partial charge in [0.25, 0.3) is 0 Å². The monoisotopic (exact) mass is 388 g/mol. The van der Waals surface area contributed by atoms with Crippen LogP contribution in [0.3, 0.4) is 0 Å². The van der Waals surface area contributed by atoms with Gasteiger partial charge in [-0.3, -0.25) is 4.90 Å². The third kappa shape index (κ3) is 3.72. The van der Waals surface area contributed by atoms with Gasteiger partial charge in [0.2, 0.25) is 0 Å². The fourth-order valence-electron chi connectivity index (χ4n) is 3.23. The first-order valence-electron chi connectivity index (χ1n) is 8.64. The number of imidazole rings is 1. The Balaban J connectivity index is 1.64. The molecule has 1 aliphatic heterocycles. The number of amidine groups is 1. The molecule has 3 heterocycles. The van der Waals surface area contributed by atoms with Gasteiger partial charge in [-0.05, 0) is 50.2 Å². The van der Waals surface area contributed by atoms with Gasteiger partial charge < -0.3 is 15.5 Å². The second-order valence-corrected chi connectivity index (χ2v) is 6.83. The molecule has 1 saturated heterocycles. The highest BCUT2D eigenvalue weighted by Gasteiger charge is 2.17. The Labute approximate surface area is 159 Å². The highest BCUT2D eigenvalue weighted by molar-refractivity contribution is 6.31. The second kappa shape index (κ2) is 7.50. The van der Waals surface area contributed by atoms with E-state index in [0.717, 1.165) is 25.5 Å². The first-order chi connectivity index (χ1) is 13.1. The Kier molecular flexibility index (Phi) is 4.91. The van der Waals surface area contributed by atoms with Crippen molar-refractivity contribution < 1.29 is 9.60 Å². The van der Waals surface area contributed by atoms with Crippen LogP contribution in [0.2, 0.25) is 5.02 Å². The molecule has 2 aromatic heterocycles. The number of rotatable bonds is 4. The molecular weight excluding hydrogens is 371 g/mol. The SMILES string of the molecule is O/N=C(/Nc1ccc(F)c(Cl)c1)c1ccnc2[nH]c(CN3CCCC3)nc12. The van der Waals surface area contributed by atoms with Crippen LogP contribution >= 0.6 is 11.6 Å². The molecule has 3 aromatic rings. The number of aromatic nitrogens is 3. The number of pyridine rings is 1. The Morgan fingerprint density at radius 1 is 1.33 bits per heavy atom. The normalized spacial score (nSPS) is 15.6. The summed E-state index contributed by atoms with van der Waals surface area (Å²) >= 11 is 5.82. The molecule has 1 aliphatic rings. The van der Waals surface area contributed by atoms with Gasteiger partial charge in [-0.25, -0.2) is 14.4 Å². The lowest BCUT2D eigenvalue weighted by atomic mass is 10.2. The van der Waals surface area contributed by atoms with Crippen molar-refractivity contribution in [2.45, 2.75) is 19.4 Å². The molecule has 9 heteroatoms. The molecule has 1 fully saturated rings. The molecule has 0 radical (unpaired) electrons. The molecule has 0 saturated carbocycles. The number of hydrogen-bond acceptors (Lipinski definition) is 5. The summed E-state index contributed by atoms with van der Waals surface area (Å²) in [5, 5.41) is 15.8. The Hall–Kier alpha value is -2.71. The number of aromatic amines is 1. The number of fused-ring (bicyclic) bond motifs is 1. The fourth-order valence-corrected chi connectivity index (χ4v) is 3.41. The van der Waals surface area contributed by atoms with Crippen LogP contribution < -0.4 is 5.32 Å². The molecule has 0 bridgehead atoms. The van der Waals surface area contributed by atoms with Crippen LogP contribution in [0.15, 0.2) is 35.6 Å². The lowest BCUT2D eigenvalue weighted by Crippen LogP contribution is -2.19. The van der Waals surface area contributed by atoms with Crippen molar-refractivity contribution in [2.75, 3.05) is 18.4 Å². The van der Waals surface area contributed by atoms with E-state index in [4.69, 9.17) is 11.6 Å². The minimum absolute atomic E-state index is 0.0233. The van der Waals surface area contributed by atoms with Crippen LogP contribution in [-0.2, 0) is 6.54 Å². The molecule has 0 amide bonds. The summed E-state index contributed by atoms with van der Waals surface area (Å²) < 4.78 is 13.4. The molecule has 0 unspecified atom stereocenters. The number of anilines is 1. The van der Waals surface area contributed by atoms with Gasteiger partial charge >= 0.3 is 0 Å². The van der Waals surface area contributed by atoms with Gasteiger partial charge in [0.1, 0.15) is 17.2 Å². The van der Waals surface area contributed by atoms with E-state index in [1.54, 1.807) is 12.3 Å². The predicted molar refractivity (Wildman–Crippen MR) is 102 cm³/mol. The first-order valence-corrected chi connectivity index (χ1v) is 9.02. The van der Waals surface area contributed by atoms with E-state index in [1.807, 2.05) is 0 Å². The quantitative estimate of drug-likeness (QED) is 0.275. The Morgan fingerprint density at radius 2 is 2.15 bits per heavy atom. The fraction of sp³-hybridized carbons (Fsp3) is 0.278. The minimum Gasteiger partial charge on any atom is -0.409 e. The standard InChI is InChI=1S/C18H18ClFN6O/c19-13-9-11(3-4-14(13)20)22-17(25-27)12-5-6-21-18-16(12)23-15(24-18)10-26-7-1-2-8-26/h3-6,9,27H,1-2,7-8,10H2,(H,22,25)(H,21,23,24). The number of oxime groups is 1. The Morgan fingerprint density at radius 3 is 2.89 bits per heavy atom. The highest BCUT2D eigenvalue weighted by Crippen LogP contribution is 2.22. The molecule has 7 nitrogen and oxygen atoms in total. The topological polar surface area (TPSA) is 89.4 Å². The van der Waals surface area contributed by atoms with Gasteiger partial charge in [0, 0.05) is 11.9 Å². The number of benzene rings is 1. The predicted octanol–water partition coefficient (Wildman–Crippen LogP) is 3.59. The van der Waals surface area contributed by atoms with Gasteiger partial charge in [-0.15, -0.1) is 0 Å². The van der Waals surface area contributed by atoms with Crippen molar-refractivity contribution in [3.63, 3.8) is 0 Å². The molecule has 0 aliphatic carbocycles. The van der Waals surface area contributed by atoms with Crippen molar-refractivity contribution in [2.24, 2.45) is 5.16 Å². The Bertz CT molecular complexity index is 999. The molecule has 0 spiro atoms. The number of hydrogen-bond donors (Lipinski definition) is 3. The van der Waals surface area contributed by atoms with Gasteiger partial charge in [0.15, 0.2) is 11.5 Å². The average Bonchev–Trinajstić information content (AvgIpc) is 3.32. The summed E-state index contributed by atoms with van der Waals surface area (Å²) in [7, 11) is 0. The van der Waals surface area contributed by atoms with E-state index in [0.29, 0.717) is 22.4 Å². The van der Waals surface area contributed by atoms with Crippen LogP contribution in [0.5, 0.6) is 0 Å². The molecule has 1 aromatic carbocycles. The van der Waals surface area contributed by atoms with Crippen LogP contribution in [0.1, 0.15) is 24.2 Å². The molecule has 27 heavy (non-hydrogen) atoms. The van der Waals surface area contributed by atoms with Crippen LogP contribution in [0.25, 0.3) is 11.2 Å². The zero-order valence-corrected chi connectivity index (χ0v) is 15.2. The summed E-state index contributed by atoms with van der Waals surface area (Å²) in [6.07, 6.45) is 4.02. The minimum atomic E-state index is -0.519. The lowest BCUT2D eigenvalue weighted by molar-refractivity contribution is 0.319. The van der Waals surface area contributed by atoms with Crippen molar-refractivity contribution in [3.8, 4) is 0 Å². The number of halogens is 2. The smallest absolute Gasteiger partial charge is 0.179 e. The van der Waals surface area contributed by atoms with E-state index in [2.05, 4.69) is 30.3 Å². The molecule has 0 atom stereocenters. The van der Waals surface area contributed by atoms with Crippen molar-refractivity contribution >= 4 is 34.3 Å².